The van der Waals surface area contributed by atoms with Crippen molar-refractivity contribution in [2.45, 2.75) is 38.3 Å². The number of benzene rings is 2. The number of anilines is 1. The fourth-order valence-electron chi connectivity index (χ4n) is 5.22. The van der Waals surface area contributed by atoms with Crippen LogP contribution in [-0.4, -0.2) is 30.7 Å². The summed E-state index contributed by atoms with van der Waals surface area (Å²) < 4.78 is 23.7. The molecular weight excluding hydrogens is 477 g/mol. The standard InChI is InChI=1S/C24H19ClFN5O2S/c1-11-4-12(6-20-23(11)30-34-29-20)15-8-18(26)19(9-17(15)25)28-24(33)31-14-2-3-21(31)16-10-27-22(32)7-13(16)5-14/h4,6-10,14,21H,2-3,5H2,1H3,(H,27,32)(H,28,33)/t14-,21+/m0/s1. The van der Waals surface area contributed by atoms with Gasteiger partial charge in [0.25, 0.3) is 0 Å². The van der Waals surface area contributed by atoms with Crippen molar-refractivity contribution in [1.82, 2.24) is 18.6 Å². The van der Waals surface area contributed by atoms with E-state index >= 15 is 4.39 Å². The van der Waals surface area contributed by atoms with Crippen LogP contribution in [-0.2, 0) is 6.42 Å². The van der Waals surface area contributed by atoms with Crippen LogP contribution in [0.25, 0.3) is 22.2 Å². The molecule has 0 unspecified atom stereocenters. The largest absolute Gasteiger partial charge is 0.329 e. The van der Waals surface area contributed by atoms with E-state index in [1.807, 2.05) is 19.1 Å². The van der Waals surface area contributed by atoms with Gasteiger partial charge in [-0.3, -0.25) is 4.79 Å². The maximum Gasteiger partial charge on any atom is 0.322 e. The van der Waals surface area contributed by atoms with Gasteiger partial charge in [-0.25, -0.2) is 9.18 Å². The van der Waals surface area contributed by atoms with Gasteiger partial charge in [0.05, 0.1) is 28.5 Å². The van der Waals surface area contributed by atoms with E-state index in [1.165, 1.54) is 12.1 Å². The molecule has 0 aliphatic carbocycles. The molecule has 0 spiro atoms. The van der Waals surface area contributed by atoms with E-state index in [0.717, 1.165) is 57.9 Å². The van der Waals surface area contributed by atoms with Crippen LogP contribution in [0.15, 0.2) is 41.3 Å². The summed E-state index contributed by atoms with van der Waals surface area (Å²) in [4.78, 5) is 29.4. The number of fused-ring (bicyclic) bond motifs is 5. The molecule has 7 nitrogen and oxygen atoms in total. The molecule has 2 amide bonds. The third kappa shape index (κ3) is 3.38. The van der Waals surface area contributed by atoms with Crippen molar-refractivity contribution in [3.05, 3.63) is 74.4 Å². The number of nitrogens with one attached hydrogen (secondary N) is 2. The molecule has 34 heavy (non-hydrogen) atoms. The number of hydrogen-bond acceptors (Lipinski definition) is 5. The summed E-state index contributed by atoms with van der Waals surface area (Å²) in [5, 5.41) is 3.04. The Balaban J connectivity index is 1.29. The van der Waals surface area contributed by atoms with Gasteiger partial charge in [0.1, 0.15) is 16.9 Å². The van der Waals surface area contributed by atoms with Crippen molar-refractivity contribution in [2.24, 2.45) is 0 Å². The number of aromatic amines is 1. The first kappa shape index (κ1) is 21.2. The molecule has 2 aliphatic rings. The molecule has 2 aromatic heterocycles. The van der Waals surface area contributed by atoms with Crippen LogP contribution >= 0.6 is 23.3 Å². The zero-order valence-corrected chi connectivity index (χ0v) is 19.6. The van der Waals surface area contributed by atoms with Crippen LogP contribution in [0.1, 0.15) is 35.6 Å². The quantitative estimate of drug-likeness (QED) is 0.387. The maximum atomic E-state index is 15.1. The van der Waals surface area contributed by atoms with Crippen LogP contribution in [0.3, 0.4) is 0 Å². The molecule has 4 heterocycles. The first-order valence-electron chi connectivity index (χ1n) is 10.9. The van der Waals surface area contributed by atoms with E-state index in [4.69, 9.17) is 11.6 Å². The second-order valence-electron chi connectivity index (χ2n) is 8.80. The lowest BCUT2D eigenvalue weighted by molar-refractivity contribution is 0.179. The molecule has 1 saturated heterocycles. The molecule has 2 N–H and O–H groups in total. The average molecular weight is 496 g/mol. The van der Waals surface area contributed by atoms with Gasteiger partial charge in [0.2, 0.25) is 5.56 Å². The van der Waals surface area contributed by atoms with Crippen LogP contribution in [0, 0.1) is 12.7 Å². The Morgan fingerprint density at radius 2 is 2.09 bits per heavy atom. The minimum atomic E-state index is -0.573. The second-order valence-corrected chi connectivity index (χ2v) is 9.74. The van der Waals surface area contributed by atoms with E-state index < -0.39 is 5.82 Å². The Kier molecular flexibility index (Phi) is 4.93. The van der Waals surface area contributed by atoms with Gasteiger partial charge in [0, 0.05) is 23.9 Å². The van der Waals surface area contributed by atoms with E-state index in [2.05, 4.69) is 19.0 Å². The molecule has 2 aliphatic heterocycles. The van der Waals surface area contributed by atoms with E-state index in [-0.39, 0.29) is 29.4 Å². The first-order valence-corrected chi connectivity index (χ1v) is 12.0. The number of aryl methyl sites for hydroxylation is 1. The molecule has 10 heteroatoms. The summed E-state index contributed by atoms with van der Waals surface area (Å²) >= 11 is 7.66. The molecule has 1 fully saturated rings. The first-order chi connectivity index (χ1) is 16.4. The molecule has 2 bridgehead atoms. The molecule has 6 rings (SSSR count). The number of aromatic nitrogens is 3. The Bertz CT molecular complexity index is 1530. The van der Waals surface area contributed by atoms with Gasteiger partial charge >= 0.3 is 6.03 Å². The summed E-state index contributed by atoms with van der Waals surface area (Å²) in [5.74, 6) is -0.573. The number of amides is 2. The number of H-pyrrole nitrogens is 1. The van der Waals surface area contributed by atoms with Crippen molar-refractivity contribution >= 4 is 46.1 Å². The van der Waals surface area contributed by atoms with Gasteiger partial charge in [-0.15, -0.1) is 0 Å². The second kappa shape index (κ2) is 7.89. The SMILES string of the molecule is Cc1cc(-c2cc(F)c(NC(=O)N3[C@H]4CC[C@@H]3c3c[nH]c(=O)cc3C4)cc2Cl)cc2nsnc12. The molecule has 172 valence electrons. The lowest BCUT2D eigenvalue weighted by Gasteiger charge is -2.36. The summed E-state index contributed by atoms with van der Waals surface area (Å²) in [6, 6.07) is 7.56. The highest BCUT2D eigenvalue weighted by Gasteiger charge is 2.43. The van der Waals surface area contributed by atoms with Crippen LogP contribution in [0.4, 0.5) is 14.9 Å². The molecular formula is C24H19ClFN5O2S. The number of pyridine rings is 1. The number of carbonyl (C=O) groups is 1. The molecule has 4 aromatic rings. The Labute approximate surface area is 202 Å². The minimum Gasteiger partial charge on any atom is -0.329 e. The van der Waals surface area contributed by atoms with Crippen LogP contribution in [0.2, 0.25) is 5.02 Å². The Morgan fingerprint density at radius 1 is 1.24 bits per heavy atom. The molecule has 0 saturated carbocycles. The van der Waals surface area contributed by atoms with Gasteiger partial charge in [-0.05, 0) is 72.7 Å². The van der Waals surface area contributed by atoms with Gasteiger partial charge < -0.3 is 15.2 Å². The fourth-order valence-corrected chi connectivity index (χ4v) is 6.08. The van der Waals surface area contributed by atoms with Crippen LogP contribution in [0.5, 0.6) is 0 Å². The van der Waals surface area contributed by atoms with Crippen molar-refractivity contribution in [2.75, 3.05) is 5.32 Å². The predicted octanol–water partition coefficient (Wildman–Crippen LogP) is 5.44. The summed E-state index contributed by atoms with van der Waals surface area (Å²) in [6.07, 6.45) is 3.93. The van der Waals surface area contributed by atoms with E-state index in [1.54, 1.807) is 17.2 Å². The van der Waals surface area contributed by atoms with Crippen molar-refractivity contribution in [3.63, 3.8) is 0 Å². The monoisotopic (exact) mass is 495 g/mol. The van der Waals surface area contributed by atoms with Crippen molar-refractivity contribution in [1.29, 1.82) is 0 Å². The number of rotatable bonds is 2. The highest BCUT2D eigenvalue weighted by atomic mass is 35.5. The lowest BCUT2D eigenvalue weighted by Crippen LogP contribution is -2.44. The summed E-state index contributed by atoms with van der Waals surface area (Å²) in [6.45, 7) is 1.92. The summed E-state index contributed by atoms with van der Waals surface area (Å²) in [5.41, 5.74) is 5.53. The van der Waals surface area contributed by atoms with Crippen molar-refractivity contribution in [3.8, 4) is 11.1 Å². The number of halogens is 2. The summed E-state index contributed by atoms with van der Waals surface area (Å²) in [7, 11) is 0. The Hall–Kier alpha value is -3.30. The van der Waals surface area contributed by atoms with Gasteiger partial charge in [-0.1, -0.05) is 11.6 Å². The smallest absolute Gasteiger partial charge is 0.322 e. The number of nitrogens with zero attached hydrogens (tertiary/aromatic N) is 3. The average Bonchev–Trinajstić information content (AvgIpc) is 3.40. The molecule has 2 atom stereocenters. The number of hydrogen-bond donors (Lipinski definition) is 2. The lowest BCUT2D eigenvalue weighted by atomic mass is 9.95. The Morgan fingerprint density at radius 3 is 2.94 bits per heavy atom. The highest BCUT2D eigenvalue weighted by molar-refractivity contribution is 7.00. The van der Waals surface area contributed by atoms with Crippen LogP contribution < -0.4 is 10.9 Å². The van der Waals surface area contributed by atoms with Gasteiger partial charge in [-0.2, -0.15) is 8.75 Å². The maximum absolute atomic E-state index is 15.1. The minimum absolute atomic E-state index is 0.0264. The molecule has 0 radical (unpaired) electrons. The van der Waals surface area contributed by atoms with Gasteiger partial charge in [0.15, 0.2) is 0 Å². The fraction of sp³-hybridized carbons (Fsp3) is 0.250. The number of urea groups is 1. The zero-order valence-electron chi connectivity index (χ0n) is 18.1. The van der Waals surface area contributed by atoms with E-state index in [0.29, 0.717) is 17.0 Å². The van der Waals surface area contributed by atoms with E-state index in [9.17, 15) is 9.59 Å². The molecule has 2 aromatic carbocycles. The predicted molar refractivity (Wildman–Crippen MR) is 130 cm³/mol. The third-order valence-corrected chi connectivity index (χ3v) is 7.61. The normalized spacial score (nSPS) is 18.9. The topological polar surface area (TPSA) is 91.0 Å². The third-order valence-electron chi connectivity index (χ3n) is 6.76. The zero-order chi connectivity index (χ0) is 23.6. The number of carbonyl (C=O) groups excluding carboxylic acids is 1. The van der Waals surface area contributed by atoms with Crippen molar-refractivity contribution < 1.29 is 9.18 Å². The highest BCUT2D eigenvalue weighted by Crippen LogP contribution is 2.43.